The summed E-state index contributed by atoms with van der Waals surface area (Å²) in [6.07, 6.45) is 3.31. The molecule has 1 aliphatic rings. The molecular formula is C12H18N2OS. The summed E-state index contributed by atoms with van der Waals surface area (Å²) in [5.74, 6) is 0.915. The van der Waals surface area contributed by atoms with Gasteiger partial charge in [-0.05, 0) is 43.2 Å². The van der Waals surface area contributed by atoms with E-state index in [-0.39, 0.29) is 5.91 Å². The molecule has 1 aliphatic heterocycles. The molecule has 1 aromatic rings. The maximum atomic E-state index is 12.0. The average molecular weight is 238 g/mol. The first kappa shape index (κ1) is 11.6. The number of likely N-dealkylation sites (tertiary alicyclic amines) is 1. The van der Waals surface area contributed by atoms with Gasteiger partial charge in [-0.25, -0.2) is 0 Å². The van der Waals surface area contributed by atoms with E-state index < -0.39 is 0 Å². The second-order valence-corrected chi connectivity index (χ2v) is 5.24. The van der Waals surface area contributed by atoms with Crippen LogP contribution in [0, 0.1) is 5.92 Å². The number of thiophene rings is 1. The first-order valence-corrected chi connectivity index (χ1v) is 6.72. The van der Waals surface area contributed by atoms with Gasteiger partial charge in [0, 0.05) is 13.1 Å². The summed E-state index contributed by atoms with van der Waals surface area (Å²) in [6.45, 7) is 2.55. The zero-order chi connectivity index (χ0) is 11.4. The van der Waals surface area contributed by atoms with Crippen molar-refractivity contribution in [2.45, 2.75) is 19.3 Å². The van der Waals surface area contributed by atoms with Crippen molar-refractivity contribution in [3.05, 3.63) is 22.4 Å². The van der Waals surface area contributed by atoms with E-state index in [2.05, 4.69) is 0 Å². The summed E-state index contributed by atoms with van der Waals surface area (Å²) in [5.41, 5.74) is 5.55. The SMILES string of the molecule is NCCC1CCN(C(=O)c2cccs2)CC1. The number of nitrogens with two attached hydrogens (primary N) is 1. The molecule has 0 aliphatic carbocycles. The number of hydrogen-bond donors (Lipinski definition) is 1. The molecule has 3 nitrogen and oxygen atoms in total. The lowest BCUT2D eigenvalue weighted by Gasteiger charge is -2.31. The standard InChI is InChI=1S/C12H18N2OS/c13-6-3-10-4-7-14(8-5-10)12(15)11-2-1-9-16-11/h1-2,9-10H,3-8,13H2. The number of carbonyl (C=O) groups excluding carboxylic acids is 1. The largest absolute Gasteiger partial charge is 0.338 e. The zero-order valence-electron chi connectivity index (χ0n) is 9.39. The zero-order valence-corrected chi connectivity index (χ0v) is 10.2. The van der Waals surface area contributed by atoms with Gasteiger partial charge in [0.2, 0.25) is 0 Å². The lowest BCUT2D eigenvalue weighted by Crippen LogP contribution is -2.38. The van der Waals surface area contributed by atoms with Crippen molar-refractivity contribution in [3.63, 3.8) is 0 Å². The predicted octanol–water partition coefficient (Wildman–Crippen LogP) is 1.95. The van der Waals surface area contributed by atoms with E-state index in [1.807, 2.05) is 22.4 Å². The Bertz CT molecular complexity index is 329. The van der Waals surface area contributed by atoms with Crippen LogP contribution in [-0.4, -0.2) is 30.4 Å². The monoisotopic (exact) mass is 238 g/mol. The van der Waals surface area contributed by atoms with Gasteiger partial charge in [-0.3, -0.25) is 4.79 Å². The molecule has 2 N–H and O–H groups in total. The average Bonchev–Trinajstić information content (AvgIpc) is 2.83. The number of hydrogen-bond acceptors (Lipinski definition) is 3. The van der Waals surface area contributed by atoms with Gasteiger partial charge in [0.25, 0.3) is 5.91 Å². The highest BCUT2D eigenvalue weighted by atomic mass is 32.1. The van der Waals surface area contributed by atoms with Crippen LogP contribution in [0.5, 0.6) is 0 Å². The molecule has 16 heavy (non-hydrogen) atoms. The van der Waals surface area contributed by atoms with Crippen LogP contribution in [0.1, 0.15) is 28.9 Å². The number of piperidine rings is 1. The molecule has 1 saturated heterocycles. The summed E-state index contributed by atoms with van der Waals surface area (Å²) in [4.78, 5) is 14.9. The van der Waals surface area contributed by atoms with E-state index >= 15 is 0 Å². The second kappa shape index (κ2) is 5.46. The van der Waals surface area contributed by atoms with Gasteiger partial charge in [0.05, 0.1) is 4.88 Å². The number of carbonyl (C=O) groups is 1. The van der Waals surface area contributed by atoms with Crippen LogP contribution in [0.2, 0.25) is 0 Å². The first-order valence-electron chi connectivity index (χ1n) is 5.84. The van der Waals surface area contributed by atoms with Crippen LogP contribution < -0.4 is 5.73 Å². The third kappa shape index (κ3) is 2.62. The van der Waals surface area contributed by atoms with Crippen molar-refractivity contribution in [2.24, 2.45) is 11.7 Å². The molecular weight excluding hydrogens is 220 g/mol. The van der Waals surface area contributed by atoms with E-state index in [4.69, 9.17) is 5.73 Å². The Kier molecular flexibility index (Phi) is 3.96. The minimum Gasteiger partial charge on any atom is -0.338 e. The van der Waals surface area contributed by atoms with Crippen LogP contribution in [-0.2, 0) is 0 Å². The minimum atomic E-state index is 0.196. The number of nitrogens with zero attached hydrogens (tertiary/aromatic N) is 1. The van der Waals surface area contributed by atoms with Crippen LogP contribution in [0.4, 0.5) is 0 Å². The molecule has 0 spiro atoms. The Labute approximate surface area is 100 Å². The van der Waals surface area contributed by atoms with E-state index in [0.717, 1.165) is 49.7 Å². The molecule has 0 radical (unpaired) electrons. The lowest BCUT2D eigenvalue weighted by atomic mass is 9.93. The van der Waals surface area contributed by atoms with E-state index in [0.29, 0.717) is 0 Å². The van der Waals surface area contributed by atoms with Crippen molar-refractivity contribution in [2.75, 3.05) is 19.6 Å². The summed E-state index contributed by atoms with van der Waals surface area (Å²) >= 11 is 1.52. The van der Waals surface area contributed by atoms with Gasteiger partial charge in [-0.1, -0.05) is 6.07 Å². The van der Waals surface area contributed by atoms with Crippen LogP contribution in [0.3, 0.4) is 0 Å². The number of amides is 1. The highest BCUT2D eigenvalue weighted by Gasteiger charge is 2.23. The Morgan fingerprint density at radius 2 is 2.25 bits per heavy atom. The van der Waals surface area contributed by atoms with Crippen molar-refractivity contribution >= 4 is 17.2 Å². The molecule has 1 aromatic heterocycles. The van der Waals surface area contributed by atoms with Crippen molar-refractivity contribution in [3.8, 4) is 0 Å². The fourth-order valence-electron chi connectivity index (χ4n) is 2.22. The van der Waals surface area contributed by atoms with E-state index in [9.17, 15) is 4.79 Å². The first-order chi connectivity index (χ1) is 7.81. The molecule has 2 rings (SSSR count). The fourth-order valence-corrected chi connectivity index (χ4v) is 2.91. The van der Waals surface area contributed by atoms with E-state index in [1.165, 1.54) is 11.3 Å². The van der Waals surface area contributed by atoms with Crippen LogP contribution >= 0.6 is 11.3 Å². The van der Waals surface area contributed by atoms with Gasteiger partial charge >= 0.3 is 0 Å². The Hall–Kier alpha value is -0.870. The summed E-state index contributed by atoms with van der Waals surface area (Å²) < 4.78 is 0. The molecule has 0 atom stereocenters. The van der Waals surface area contributed by atoms with Gasteiger partial charge in [0.1, 0.15) is 0 Å². The highest BCUT2D eigenvalue weighted by molar-refractivity contribution is 7.12. The third-order valence-electron chi connectivity index (χ3n) is 3.21. The fraction of sp³-hybridized carbons (Fsp3) is 0.583. The van der Waals surface area contributed by atoms with Crippen molar-refractivity contribution < 1.29 is 4.79 Å². The van der Waals surface area contributed by atoms with Gasteiger partial charge in [0.15, 0.2) is 0 Å². The smallest absolute Gasteiger partial charge is 0.263 e. The third-order valence-corrected chi connectivity index (χ3v) is 4.07. The molecule has 1 fully saturated rings. The molecule has 1 amide bonds. The Morgan fingerprint density at radius 3 is 2.81 bits per heavy atom. The van der Waals surface area contributed by atoms with Crippen LogP contribution in [0.15, 0.2) is 17.5 Å². The lowest BCUT2D eigenvalue weighted by molar-refractivity contribution is 0.0693. The maximum absolute atomic E-state index is 12.0. The molecule has 2 heterocycles. The number of rotatable bonds is 3. The van der Waals surface area contributed by atoms with E-state index in [1.54, 1.807) is 0 Å². The molecule has 0 bridgehead atoms. The van der Waals surface area contributed by atoms with Crippen molar-refractivity contribution in [1.29, 1.82) is 0 Å². The van der Waals surface area contributed by atoms with Crippen molar-refractivity contribution in [1.82, 2.24) is 4.90 Å². The minimum absolute atomic E-state index is 0.196. The molecule has 0 aromatic carbocycles. The second-order valence-electron chi connectivity index (χ2n) is 4.29. The van der Waals surface area contributed by atoms with Crippen LogP contribution in [0.25, 0.3) is 0 Å². The molecule has 0 unspecified atom stereocenters. The molecule has 4 heteroatoms. The quantitative estimate of drug-likeness (QED) is 0.875. The summed E-state index contributed by atoms with van der Waals surface area (Å²) in [6, 6.07) is 3.83. The summed E-state index contributed by atoms with van der Waals surface area (Å²) in [5, 5.41) is 1.95. The summed E-state index contributed by atoms with van der Waals surface area (Å²) in [7, 11) is 0. The molecule has 88 valence electrons. The normalized spacial score (nSPS) is 17.7. The highest BCUT2D eigenvalue weighted by Crippen LogP contribution is 2.22. The van der Waals surface area contributed by atoms with Gasteiger partial charge in [-0.2, -0.15) is 0 Å². The van der Waals surface area contributed by atoms with Gasteiger partial charge in [-0.15, -0.1) is 11.3 Å². The Morgan fingerprint density at radius 1 is 1.50 bits per heavy atom. The topological polar surface area (TPSA) is 46.3 Å². The van der Waals surface area contributed by atoms with Gasteiger partial charge < -0.3 is 10.6 Å². The molecule has 0 saturated carbocycles. The predicted molar refractivity (Wildman–Crippen MR) is 66.6 cm³/mol. The Balaban J connectivity index is 1.87. The maximum Gasteiger partial charge on any atom is 0.263 e.